The molecule has 0 aliphatic rings. The number of thioether (sulfide) groups is 1. The molecule has 2 amide bonds. The standard InChI is InChI=1S/C20H25N3O4S/c1-23(11-14-7-6-9-16(26-2)20(14)27-3)12-19(25)22-15-8-4-5-10-17(15)28-13-18(21)24/h4-10H,11-13H2,1-3H3,(H2,21,24)(H,22,25). The number of para-hydroxylation sites is 2. The Morgan fingerprint density at radius 2 is 1.86 bits per heavy atom. The smallest absolute Gasteiger partial charge is 0.238 e. The summed E-state index contributed by atoms with van der Waals surface area (Å²) in [7, 11) is 5.04. The van der Waals surface area contributed by atoms with E-state index in [1.54, 1.807) is 20.3 Å². The van der Waals surface area contributed by atoms with Crippen LogP contribution in [0.1, 0.15) is 5.56 Å². The predicted octanol–water partition coefficient (Wildman–Crippen LogP) is 2.35. The number of likely N-dealkylation sites (N-methyl/N-ethyl adjacent to an activating group) is 1. The van der Waals surface area contributed by atoms with E-state index in [0.29, 0.717) is 23.7 Å². The van der Waals surface area contributed by atoms with Gasteiger partial charge in [-0.25, -0.2) is 0 Å². The van der Waals surface area contributed by atoms with Gasteiger partial charge in [0.25, 0.3) is 0 Å². The van der Waals surface area contributed by atoms with Crippen molar-refractivity contribution in [1.82, 2.24) is 4.90 Å². The van der Waals surface area contributed by atoms with Crippen LogP contribution in [-0.4, -0.2) is 50.3 Å². The molecule has 0 atom stereocenters. The zero-order valence-electron chi connectivity index (χ0n) is 16.2. The molecule has 0 aromatic heterocycles. The highest BCUT2D eigenvalue weighted by molar-refractivity contribution is 8.00. The van der Waals surface area contributed by atoms with Gasteiger partial charge in [-0.05, 0) is 25.2 Å². The Bertz CT molecular complexity index is 829. The summed E-state index contributed by atoms with van der Waals surface area (Å²) in [6.07, 6.45) is 0. The van der Waals surface area contributed by atoms with Crippen molar-refractivity contribution in [3.8, 4) is 11.5 Å². The lowest BCUT2D eigenvalue weighted by Gasteiger charge is -2.19. The van der Waals surface area contributed by atoms with Crippen molar-refractivity contribution in [2.24, 2.45) is 5.73 Å². The van der Waals surface area contributed by atoms with Crippen molar-refractivity contribution < 1.29 is 19.1 Å². The molecule has 2 aromatic rings. The van der Waals surface area contributed by atoms with Gasteiger partial charge in [-0.15, -0.1) is 11.8 Å². The molecule has 0 heterocycles. The molecule has 0 unspecified atom stereocenters. The van der Waals surface area contributed by atoms with Crippen LogP contribution >= 0.6 is 11.8 Å². The maximum atomic E-state index is 12.5. The van der Waals surface area contributed by atoms with E-state index in [-0.39, 0.29) is 18.2 Å². The Morgan fingerprint density at radius 3 is 2.54 bits per heavy atom. The van der Waals surface area contributed by atoms with Gasteiger partial charge in [0.15, 0.2) is 11.5 Å². The minimum Gasteiger partial charge on any atom is -0.493 e. The fraction of sp³-hybridized carbons (Fsp3) is 0.300. The van der Waals surface area contributed by atoms with E-state index >= 15 is 0 Å². The first-order valence-corrected chi connectivity index (χ1v) is 9.61. The maximum absolute atomic E-state index is 12.5. The Morgan fingerprint density at radius 1 is 1.11 bits per heavy atom. The number of nitrogens with one attached hydrogen (secondary N) is 1. The molecule has 7 nitrogen and oxygen atoms in total. The van der Waals surface area contributed by atoms with Gasteiger partial charge in [0, 0.05) is 17.0 Å². The number of carbonyl (C=O) groups is 2. The van der Waals surface area contributed by atoms with Gasteiger partial charge in [0.1, 0.15) is 0 Å². The van der Waals surface area contributed by atoms with Gasteiger partial charge >= 0.3 is 0 Å². The molecule has 0 aliphatic carbocycles. The minimum atomic E-state index is -0.405. The first-order valence-electron chi connectivity index (χ1n) is 8.63. The number of hydrogen-bond acceptors (Lipinski definition) is 6. The molecule has 0 saturated heterocycles. The molecule has 0 radical (unpaired) electrons. The van der Waals surface area contributed by atoms with Gasteiger partial charge in [-0.3, -0.25) is 14.5 Å². The topological polar surface area (TPSA) is 93.9 Å². The quantitative estimate of drug-likeness (QED) is 0.592. The van der Waals surface area contributed by atoms with Crippen molar-refractivity contribution in [2.45, 2.75) is 11.4 Å². The molecule has 0 saturated carbocycles. The van der Waals surface area contributed by atoms with Crippen molar-refractivity contribution >= 4 is 29.3 Å². The minimum absolute atomic E-state index is 0.155. The second-order valence-electron chi connectivity index (χ2n) is 6.12. The van der Waals surface area contributed by atoms with Crippen LogP contribution in [0, 0.1) is 0 Å². The van der Waals surface area contributed by atoms with E-state index in [4.69, 9.17) is 15.2 Å². The molecule has 0 spiro atoms. The number of benzene rings is 2. The maximum Gasteiger partial charge on any atom is 0.238 e. The molecule has 28 heavy (non-hydrogen) atoms. The number of hydrogen-bond donors (Lipinski definition) is 2. The summed E-state index contributed by atoms with van der Waals surface area (Å²) in [6, 6.07) is 13.0. The molecule has 150 valence electrons. The Balaban J connectivity index is 2.00. The average Bonchev–Trinajstić information content (AvgIpc) is 2.66. The second kappa shape index (κ2) is 10.6. The van der Waals surface area contributed by atoms with Crippen LogP contribution in [0.2, 0.25) is 0 Å². The van der Waals surface area contributed by atoms with Crippen molar-refractivity contribution in [1.29, 1.82) is 0 Å². The molecule has 0 bridgehead atoms. The summed E-state index contributed by atoms with van der Waals surface area (Å²) >= 11 is 1.29. The third-order valence-electron chi connectivity index (χ3n) is 3.87. The Labute approximate surface area is 169 Å². The molecule has 2 rings (SSSR count). The van der Waals surface area contributed by atoms with Crippen LogP contribution in [0.15, 0.2) is 47.4 Å². The van der Waals surface area contributed by atoms with E-state index in [1.807, 2.05) is 48.3 Å². The lowest BCUT2D eigenvalue weighted by molar-refractivity contribution is -0.117. The van der Waals surface area contributed by atoms with E-state index in [1.165, 1.54) is 11.8 Å². The zero-order valence-corrected chi connectivity index (χ0v) is 17.0. The highest BCUT2D eigenvalue weighted by atomic mass is 32.2. The van der Waals surface area contributed by atoms with E-state index in [2.05, 4.69) is 5.32 Å². The Kier molecular flexibility index (Phi) is 8.16. The molecular weight excluding hydrogens is 378 g/mol. The molecule has 0 fully saturated rings. The number of nitrogens with two attached hydrogens (primary N) is 1. The number of ether oxygens (including phenoxy) is 2. The summed E-state index contributed by atoms with van der Waals surface area (Å²) in [5.74, 6) is 0.904. The van der Waals surface area contributed by atoms with E-state index < -0.39 is 5.91 Å². The number of anilines is 1. The van der Waals surface area contributed by atoms with Crippen LogP contribution < -0.4 is 20.5 Å². The first kappa shape index (κ1) is 21.6. The lowest BCUT2D eigenvalue weighted by Crippen LogP contribution is -2.30. The van der Waals surface area contributed by atoms with Gasteiger partial charge in [-0.1, -0.05) is 24.3 Å². The van der Waals surface area contributed by atoms with Gasteiger partial charge in [0.2, 0.25) is 11.8 Å². The summed E-state index contributed by atoms with van der Waals surface area (Å²) in [5.41, 5.74) is 6.79. The number of methoxy groups -OCH3 is 2. The third kappa shape index (κ3) is 6.17. The van der Waals surface area contributed by atoms with Crippen LogP contribution in [-0.2, 0) is 16.1 Å². The molecule has 3 N–H and O–H groups in total. The van der Waals surface area contributed by atoms with Gasteiger partial charge < -0.3 is 20.5 Å². The van der Waals surface area contributed by atoms with Crippen LogP contribution in [0.4, 0.5) is 5.69 Å². The normalized spacial score (nSPS) is 10.6. The number of rotatable bonds is 10. The number of nitrogens with zero attached hydrogens (tertiary/aromatic N) is 1. The predicted molar refractivity (Wildman–Crippen MR) is 111 cm³/mol. The monoisotopic (exact) mass is 403 g/mol. The van der Waals surface area contributed by atoms with Crippen LogP contribution in [0.5, 0.6) is 11.5 Å². The van der Waals surface area contributed by atoms with E-state index in [0.717, 1.165) is 10.5 Å². The lowest BCUT2D eigenvalue weighted by atomic mass is 10.1. The van der Waals surface area contributed by atoms with Crippen molar-refractivity contribution in [3.05, 3.63) is 48.0 Å². The van der Waals surface area contributed by atoms with Gasteiger partial charge in [0.05, 0.1) is 32.2 Å². The average molecular weight is 404 g/mol. The van der Waals surface area contributed by atoms with E-state index in [9.17, 15) is 9.59 Å². The summed E-state index contributed by atoms with van der Waals surface area (Å²) in [5, 5.41) is 2.89. The number of amides is 2. The summed E-state index contributed by atoms with van der Waals surface area (Å²) in [6.45, 7) is 0.709. The van der Waals surface area contributed by atoms with Crippen molar-refractivity contribution in [2.75, 3.05) is 38.9 Å². The second-order valence-corrected chi connectivity index (χ2v) is 7.14. The molecule has 0 aliphatic heterocycles. The molecule has 8 heteroatoms. The molecule has 2 aromatic carbocycles. The van der Waals surface area contributed by atoms with Gasteiger partial charge in [-0.2, -0.15) is 0 Å². The highest BCUT2D eigenvalue weighted by Crippen LogP contribution is 2.31. The zero-order chi connectivity index (χ0) is 20.5. The summed E-state index contributed by atoms with van der Waals surface area (Å²) < 4.78 is 10.8. The third-order valence-corrected chi connectivity index (χ3v) is 4.97. The van der Waals surface area contributed by atoms with Crippen molar-refractivity contribution in [3.63, 3.8) is 0 Å². The SMILES string of the molecule is COc1cccc(CN(C)CC(=O)Nc2ccccc2SCC(N)=O)c1OC. The largest absolute Gasteiger partial charge is 0.493 e. The number of carbonyl (C=O) groups excluding carboxylic acids is 2. The fourth-order valence-electron chi connectivity index (χ4n) is 2.70. The number of primary amides is 1. The van der Waals surface area contributed by atoms with Crippen LogP contribution in [0.25, 0.3) is 0 Å². The molecular formula is C20H25N3O4S. The summed E-state index contributed by atoms with van der Waals surface area (Å²) in [4.78, 5) is 26.2. The first-order chi connectivity index (χ1) is 13.4. The highest BCUT2D eigenvalue weighted by Gasteiger charge is 2.14. The van der Waals surface area contributed by atoms with Crippen LogP contribution in [0.3, 0.4) is 0 Å². The fourth-order valence-corrected chi connectivity index (χ4v) is 3.45. The Hall–Kier alpha value is -2.71.